The second kappa shape index (κ2) is 14.2. The predicted molar refractivity (Wildman–Crippen MR) is 238 cm³/mol. The third-order valence-corrected chi connectivity index (χ3v) is 10.6. The zero-order valence-electron chi connectivity index (χ0n) is 31.4. The average molecular weight is 732 g/mol. The van der Waals surface area contributed by atoms with Gasteiger partial charge >= 0.3 is 0 Å². The van der Waals surface area contributed by atoms with E-state index in [2.05, 4.69) is 150 Å². The van der Waals surface area contributed by atoms with E-state index in [0.717, 1.165) is 55.8 Å². The summed E-state index contributed by atoms with van der Waals surface area (Å²) in [6, 6.07) is 61.6. The van der Waals surface area contributed by atoms with Crippen molar-refractivity contribution in [3.63, 3.8) is 0 Å². The molecule has 0 aliphatic carbocycles. The van der Waals surface area contributed by atoms with Crippen molar-refractivity contribution in [2.45, 2.75) is 6.92 Å². The van der Waals surface area contributed by atoms with Gasteiger partial charge in [-0.25, -0.2) is 15.0 Å². The van der Waals surface area contributed by atoms with Crippen LogP contribution in [0.25, 0.3) is 94.5 Å². The molecule has 0 amide bonds. The Morgan fingerprint density at radius 2 is 1.02 bits per heavy atom. The number of benzene rings is 7. The van der Waals surface area contributed by atoms with Crippen LogP contribution in [0.3, 0.4) is 0 Å². The molecule has 0 aliphatic heterocycles. The standard InChI is InChI=1S/C52H37N5/c1-3-18-41(31-35(2)50-53-51(37-21-10-5-11-22-37)55-52(54-50)38-23-12-6-13-24-38)57-47-32-39(36-19-8-4-9-20-36)29-30-43(47)45-33-44-42-27-16-17-28-46(42)56(48(44)34-49(45)57)40-25-14-7-15-26-40/h3-34H,1H2,2H3/b35-31+,41-18+. The summed E-state index contributed by atoms with van der Waals surface area (Å²) < 4.78 is 4.74. The summed E-state index contributed by atoms with van der Waals surface area (Å²) in [5, 5.41) is 4.77. The molecule has 3 heterocycles. The fourth-order valence-corrected chi connectivity index (χ4v) is 8.00. The van der Waals surface area contributed by atoms with Crippen LogP contribution in [-0.4, -0.2) is 24.1 Å². The SMILES string of the molecule is C=C/C=C(\C=C(/C)c1nc(-c2ccccc2)nc(-c2ccccc2)n1)n1c2cc(-c3ccccc3)ccc2c2cc3c4ccccc4n(-c4ccccc4)c3cc21. The van der Waals surface area contributed by atoms with Gasteiger partial charge in [-0.1, -0.05) is 152 Å². The van der Waals surface area contributed by atoms with Gasteiger partial charge in [-0.3, -0.25) is 0 Å². The van der Waals surface area contributed by atoms with E-state index in [0.29, 0.717) is 17.5 Å². The summed E-state index contributed by atoms with van der Waals surface area (Å²) in [6.45, 7) is 6.27. The minimum atomic E-state index is 0.606. The maximum absolute atomic E-state index is 5.06. The lowest BCUT2D eigenvalue weighted by molar-refractivity contribution is 1.03. The zero-order chi connectivity index (χ0) is 38.3. The third kappa shape index (κ3) is 6.03. The van der Waals surface area contributed by atoms with Crippen LogP contribution < -0.4 is 0 Å². The fourth-order valence-electron chi connectivity index (χ4n) is 8.00. The van der Waals surface area contributed by atoms with Gasteiger partial charge in [0, 0.05) is 44.1 Å². The molecule has 10 aromatic rings. The van der Waals surface area contributed by atoms with E-state index >= 15 is 0 Å². The van der Waals surface area contributed by atoms with Gasteiger partial charge in [-0.05, 0) is 72.2 Å². The number of nitrogens with zero attached hydrogens (tertiary/aromatic N) is 5. The molecule has 57 heavy (non-hydrogen) atoms. The Hall–Kier alpha value is -7.63. The first-order valence-electron chi connectivity index (χ1n) is 19.2. The van der Waals surface area contributed by atoms with E-state index < -0.39 is 0 Å². The highest BCUT2D eigenvalue weighted by Crippen LogP contribution is 2.41. The molecule has 10 rings (SSSR count). The second-order valence-electron chi connectivity index (χ2n) is 14.2. The van der Waals surface area contributed by atoms with Gasteiger partial charge in [0.25, 0.3) is 0 Å². The van der Waals surface area contributed by atoms with Crippen LogP contribution in [0.15, 0.2) is 201 Å². The number of allylic oxidation sites excluding steroid dienone is 5. The molecular weight excluding hydrogens is 695 g/mol. The number of para-hydroxylation sites is 2. The Balaban J connectivity index is 1.25. The minimum absolute atomic E-state index is 0.606. The highest BCUT2D eigenvalue weighted by molar-refractivity contribution is 6.20. The minimum Gasteiger partial charge on any atom is -0.309 e. The van der Waals surface area contributed by atoms with Crippen molar-refractivity contribution in [3.8, 4) is 39.6 Å². The van der Waals surface area contributed by atoms with E-state index in [1.54, 1.807) is 0 Å². The van der Waals surface area contributed by atoms with Crippen molar-refractivity contribution in [1.82, 2.24) is 24.1 Å². The van der Waals surface area contributed by atoms with Crippen LogP contribution in [0.1, 0.15) is 12.7 Å². The number of fused-ring (bicyclic) bond motifs is 6. The van der Waals surface area contributed by atoms with Crippen LogP contribution in [0.4, 0.5) is 0 Å². The van der Waals surface area contributed by atoms with Crippen molar-refractivity contribution in [3.05, 3.63) is 207 Å². The summed E-state index contributed by atoms with van der Waals surface area (Å²) in [7, 11) is 0. The summed E-state index contributed by atoms with van der Waals surface area (Å²) in [6.07, 6.45) is 6.10. The van der Waals surface area contributed by atoms with E-state index in [-0.39, 0.29) is 0 Å². The van der Waals surface area contributed by atoms with Gasteiger partial charge in [-0.2, -0.15) is 0 Å². The van der Waals surface area contributed by atoms with E-state index in [1.807, 2.05) is 66.7 Å². The molecule has 0 fully saturated rings. The molecule has 0 N–H and O–H groups in total. The molecule has 0 saturated carbocycles. The summed E-state index contributed by atoms with van der Waals surface area (Å²) in [5.74, 6) is 1.86. The van der Waals surface area contributed by atoms with E-state index in [9.17, 15) is 0 Å². The lowest BCUT2D eigenvalue weighted by Gasteiger charge is -2.13. The van der Waals surface area contributed by atoms with E-state index in [1.165, 1.54) is 27.1 Å². The number of rotatable bonds is 8. The molecule has 270 valence electrons. The zero-order valence-corrected chi connectivity index (χ0v) is 31.4. The molecule has 5 heteroatoms. The molecule has 0 aliphatic rings. The van der Waals surface area contributed by atoms with Crippen molar-refractivity contribution in [2.24, 2.45) is 0 Å². The lowest BCUT2D eigenvalue weighted by Crippen LogP contribution is -2.03. The van der Waals surface area contributed by atoms with Gasteiger partial charge in [0.2, 0.25) is 0 Å². The smallest absolute Gasteiger partial charge is 0.164 e. The molecule has 3 aromatic heterocycles. The number of hydrogen-bond acceptors (Lipinski definition) is 3. The summed E-state index contributed by atoms with van der Waals surface area (Å²) in [5.41, 5.74) is 11.6. The van der Waals surface area contributed by atoms with Crippen molar-refractivity contribution >= 4 is 54.9 Å². The van der Waals surface area contributed by atoms with Gasteiger partial charge < -0.3 is 9.13 Å². The quantitative estimate of drug-likeness (QED) is 0.146. The Morgan fingerprint density at radius 3 is 1.67 bits per heavy atom. The van der Waals surface area contributed by atoms with Crippen LogP contribution in [0.5, 0.6) is 0 Å². The van der Waals surface area contributed by atoms with E-state index in [4.69, 9.17) is 15.0 Å². The molecular formula is C52H37N5. The molecule has 0 spiro atoms. The van der Waals surface area contributed by atoms with Gasteiger partial charge in [0.15, 0.2) is 17.5 Å². The Bertz CT molecular complexity index is 3120. The Labute approximate surface area is 330 Å². The summed E-state index contributed by atoms with van der Waals surface area (Å²) >= 11 is 0. The van der Waals surface area contributed by atoms with Gasteiger partial charge in [-0.15, -0.1) is 0 Å². The molecule has 0 unspecified atom stereocenters. The van der Waals surface area contributed by atoms with Crippen LogP contribution >= 0.6 is 0 Å². The number of aromatic nitrogens is 5. The molecule has 7 aromatic carbocycles. The second-order valence-corrected chi connectivity index (χ2v) is 14.2. The molecule has 0 saturated heterocycles. The third-order valence-electron chi connectivity index (χ3n) is 10.6. The Kier molecular flexibility index (Phi) is 8.46. The maximum atomic E-state index is 5.06. The molecule has 5 nitrogen and oxygen atoms in total. The summed E-state index contributed by atoms with van der Waals surface area (Å²) in [4.78, 5) is 15.0. The topological polar surface area (TPSA) is 48.5 Å². The van der Waals surface area contributed by atoms with Crippen LogP contribution in [-0.2, 0) is 0 Å². The average Bonchev–Trinajstić information content (AvgIpc) is 3.77. The first-order valence-corrected chi connectivity index (χ1v) is 19.2. The largest absolute Gasteiger partial charge is 0.309 e. The van der Waals surface area contributed by atoms with Crippen LogP contribution in [0.2, 0.25) is 0 Å². The lowest BCUT2D eigenvalue weighted by atomic mass is 10.0. The Morgan fingerprint density at radius 1 is 0.474 bits per heavy atom. The maximum Gasteiger partial charge on any atom is 0.164 e. The van der Waals surface area contributed by atoms with Gasteiger partial charge in [0.05, 0.1) is 22.1 Å². The van der Waals surface area contributed by atoms with Crippen molar-refractivity contribution < 1.29 is 0 Å². The van der Waals surface area contributed by atoms with Crippen LogP contribution in [0, 0.1) is 0 Å². The van der Waals surface area contributed by atoms with Crippen molar-refractivity contribution in [2.75, 3.05) is 0 Å². The first-order chi connectivity index (χ1) is 28.1. The normalized spacial score (nSPS) is 12.2. The van der Waals surface area contributed by atoms with Crippen molar-refractivity contribution in [1.29, 1.82) is 0 Å². The molecule has 0 atom stereocenters. The van der Waals surface area contributed by atoms with Gasteiger partial charge in [0.1, 0.15) is 0 Å². The first kappa shape index (κ1) is 33.9. The predicted octanol–water partition coefficient (Wildman–Crippen LogP) is 13.2. The number of hydrogen-bond donors (Lipinski definition) is 0. The molecule has 0 radical (unpaired) electrons. The highest BCUT2D eigenvalue weighted by Gasteiger charge is 2.20. The fraction of sp³-hybridized carbons (Fsp3) is 0.0192. The highest BCUT2D eigenvalue weighted by atomic mass is 15.0. The molecule has 0 bridgehead atoms. The monoisotopic (exact) mass is 731 g/mol.